The first-order valence-corrected chi connectivity index (χ1v) is 8.96. The van der Waals surface area contributed by atoms with Gasteiger partial charge in [0.05, 0.1) is 0 Å². The van der Waals surface area contributed by atoms with Gasteiger partial charge in [0.2, 0.25) is 5.88 Å². The summed E-state index contributed by atoms with van der Waals surface area (Å²) in [7, 11) is 0. The molecule has 0 aliphatic heterocycles. The molecule has 0 saturated heterocycles. The molecule has 1 rings (SSSR count). The second-order valence-corrected chi connectivity index (χ2v) is 6.20. The van der Waals surface area contributed by atoms with Crippen LogP contribution < -0.4 is 5.73 Å². The first-order valence-electron chi connectivity index (χ1n) is 6.91. The number of thioether (sulfide) groups is 1. The Kier molecular flexibility index (Phi) is 8.92. The standard InChI is InChI=1S/C17H20Cl2N2OS/c1-12(14(10-19)7-5-9-18)17(21-13(2)22)23-11-15-6-3-4-8-16(15)20/h3-8,22H,2,9-11,20H2,1H3/b7-5-,14-12-,21-17+. The van der Waals surface area contributed by atoms with E-state index in [1.165, 1.54) is 11.8 Å². The first kappa shape index (κ1) is 19.7. The Morgan fingerprint density at radius 2 is 2.09 bits per heavy atom. The van der Waals surface area contributed by atoms with E-state index in [-0.39, 0.29) is 5.88 Å². The SMILES string of the molecule is C=C(O)\N=C(SCc1ccccc1N)/C(C)=C(/C=C\CCl)CCl. The van der Waals surface area contributed by atoms with Gasteiger partial charge in [-0.3, -0.25) is 0 Å². The number of halogens is 2. The number of aliphatic imine (C=N–C) groups is 1. The monoisotopic (exact) mass is 370 g/mol. The van der Waals surface area contributed by atoms with Crippen LogP contribution in [-0.4, -0.2) is 21.9 Å². The summed E-state index contributed by atoms with van der Waals surface area (Å²) in [4.78, 5) is 4.12. The van der Waals surface area contributed by atoms with E-state index in [1.54, 1.807) is 0 Å². The molecule has 0 spiro atoms. The average Bonchev–Trinajstić information content (AvgIpc) is 2.53. The minimum atomic E-state index is -0.247. The molecule has 0 atom stereocenters. The number of aliphatic hydroxyl groups is 1. The molecule has 0 heterocycles. The molecular formula is C17H20Cl2N2OS. The second kappa shape index (κ2) is 10.4. The lowest BCUT2D eigenvalue weighted by atomic mass is 10.1. The van der Waals surface area contributed by atoms with Gasteiger partial charge >= 0.3 is 0 Å². The van der Waals surface area contributed by atoms with Crippen molar-refractivity contribution in [1.82, 2.24) is 0 Å². The molecule has 0 aliphatic rings. The zero-order valence-electron chi connectivity index (χ0n) is 12.9. The summed E-state index contributed by atoms with van der Waals surface area (Å²) >= 11 is 13.1. The molecule has 0 bridgehead atoms. The van der Waals surface area contributed by atoms with Gasteiger partial charge < -0.3 is 10.8 Å². The normalized spacial score (nSPS) is 13.3. The molecule has 6 heteroatoms. The molecule has 0 amide bonds. The van der Waals surface area contributed by atoms with Crippen molar-refractivity contribution >= 4 is 45.7 Å². The fourth-order valence-corrected chi connectivity index (χ4v) is 3.20. The molecule has 0 saturated carbocycles. The van der Waals surface area contributed by atoms with Gasteiger partial charge in [0.1, 0.15) is 5.04 Å². The van der Waals surface area contributed by atoms with Crippen LogP contribution in [0.3, 0.4) is 0 Å². The van der Waals surface area contributed by atoms with E-state index in [4.69, 9.17) is 28.9 Å². The summed E-state index contributed by atoms with van der Waals surface area (Å²) in [5, 5.41) is 10.1. The lowest BCUT2D eigenvalue weighted by Crippen LogP contribution is -2.02. The van der Waals surface area contributed by atoms with Gasteiger partial charge in [0.15, 0.2) is 0 Å². The van der Waals surface area contributed by atoms with Crippen LogP contribution >= 0.6 is 35.0 Å². The summed E-state index contributed by atoms with van der Waals surface area (Å²) < 4.78 is 0. The van der Waals surface area contributed by atoms with Crippen LogP contribution in [0.25, 0.3) is 0 Å². The molecule has 0 fully saturated rings. The van der Waals surface area contributed by atoms with Crippen molar-refractivity contribution in [3.63, 3.8) is 0 Å². The highest BCUT2D eigenvalue weighted by Crippen LogP contribution is 2.25. The number of hydrogen-bond acceptors (Lipinski definition) is 4. The highest BCUT2D eigenvalue weighted by Gasteiger charge is 2.10. The third-order valence-electron chi connectivity index (χ3n) is 3.00. The Bertz CT molecular complexity index is 639. The van der Waals surface area contributed by atoms with E-state index in [1.807, 2.05) is 43.3 Å². The van der Waals surface area contributed by atoms with Gasteiger partial charge in [-0.25, -0.2) is 4.99 Å². The Morgan fingerprint density at radius 1 is 1.39 bits per heavy atom. The van der Waals surface area contributed by atoms with Gasteiger partial charge in [-0.05, 0) is 36.3 Å². The van der Waals surface area contributed by atoms with Crippen LogP contribution in [0, 0.1) is 0 Å². The first-order chi connectivity index (χ1) is 11.0. The molecule has 3 nitrogen and oxygen atoms in total. The summed E-state index contributed by atoms with van der Waals surface area (Å²) in [6.45, 7) is 5.33. The van der Waals surface area contributed by atoms with Crippen LogP contribution in [0.1, 0.15) is 12.5 Å². The molecule has 23 heavy (non-hydrogen) atoms. The summed E-state index contributed by atoms with van der Waals surface area (Å²) in [5.41, 5.74) is 9.45. The highest BCUT2D eigenvalue weighted by atomic mass is 35.5. The molecule has 1 aromatic carbocycles. The minimum absolute atomic E-state index is 0.247. The molecule has 1 aromatic rings. The van der Waals surface area contributed by atoms with Crippen molar-refractivity contribution < 1.29 is 5.11 Å². The van der Waals surface area contributed by atoms with Crippen LogP contribution in [-0.2, 0) is 5.75 Å². The predicted octanol–water partition coefficient (Wildman–Crippen LogP) is 5.28. The van der Waals surface area contributed by atoms with E-state index in [9.17, 15) is 5.11 Å². The summed E-state index contributed by atoms with van der Waals surface area (Å²) in [6, 6.07) is 7.64. The lowest BCUT2D eigenvalue weighted by molar-refractivity contribution is 0.410. The number of nitrogens with zero attached hydrogens (tertiary/aromatic N) is 1. The van der Waals surface area contributed by atoms with Crippen molar-refractivity contribution in [2.75, 3.05) is 17.5 Å². The van der Waals surface area contributed by atoms with E-state index < -0.39 is 0 Å². The van der Waals surface area contributed by atoms with E-state index in [0.717, 1.165) is 22.4 Å². The predicted molar refractivity (Wildman–Crippen MR) is 105 cm³/mol. The number of anilines is 1. The smallest absolute Gasteiger partial charge is 0.204 e. The average molecular weight is 371 g/mol. The number of hydrogen-bond donors (Lipinski definition) is 2. The maximum Gasteiger partial charge on any atom is 0.204 e. The third-order valence-corrected chi connectivity index (χ3v) is 4.60. The topological polar surface area (TPSA) is 58.6 Å². The minimum Gasteiger partial charge on any atom is -0.494 e. The number of aliphatic hydroxyl groups excluding tert-OH is 1. The van der Waals surface area contributed by atoms with Crippen molar-refractivity contribution in [2.24, 2.45) is 4.99 Å². The van der Waals surface area contributed by atoms with Crippen molar-refractivity contribution in [2.45, 2.75) is 12.7 Å². The number of para-hydroxylation sites is 1. The number of benzene rings is 1. The number of nitrogens with two attached hydrogens (primary N) is 1. The summed E-state index contributed by atoms with van der Waals surface area (Å²) in [6.07, 6.45) is 3.68. The molecule has 0 aromatic heterocycles. The number of nitrogen functional groups attached to an aromatic ring is 1. The maximum absolute atomic E-state index is 9.44. The van der Waals surface area contributed by atoms with Crippen molar-refractivity contribution in [3.05, 3.63) is 65.6 Å². The van der Waals surface area contributed by atoms with Gasteiger partial charge in [-0.2, -0.15) is 0 Å². The fraction of sp³-hybridized carbons (Fsp3) is 0.235. The highest BCUT2D eigenvalue weighted by molar-refractivity contribution is 8.13. The third kappa shape index (κ3) is 6.73. The zero-order chi connectivity index (χ0) is 17.2. The Morgan fingerprint density at radius 3 is 2.65 bits per heavy atom. The zero-order valence-corrected chi connectivity index (χ0v) is 15.3. The Balaban J connectivity index is 3.05. The second-order valence-electron chi connectivity index (χ2n) is 4.66. The van der Waals surface area contributed by atoms with Crippen LogP contribution in [0.4, 0.5) is 5.69 Å². The fourth-order valence-electron chi connectivity index (χ4n) is 1.75. The lowest BCUT2D eigenvalue weighted by Gasteiger charge is -2.11. The number of allylic oxidation sites excluding steroid dienone is 3. The maximum atomic E-state index is 9.44. The molecule has 3 N–H and O–H groups in total. The molecule has 0 aliphatic carbocycles. The Hall–Kier alpha value is -1.36. The van der Waals surface area contributed by atoms with Crippen molar-refractivity contribution in [3.8, 4) is 0 Å². The van der Waals surface area contributed by atoms with E-state index in [2.05, 4.69) is 11.6 Å². The van der Waals surface area contributed by atoms with Gasteiger partial charge in [-0.1, -0.05) is 30.4 Å². The quantitative estimate of drug-likeness (QED) is 0.171. The Labute approximate surface area is 151 Å². The van der Waals surface area contributed by atoms with Crippen LogP contribution in [0.5, 0.6) is 0 Å². The van der Waals surface area contributed by atoms with Gasteiger partial charge in [-0.15, -0.1) is 35.0 Å². The van der Waals surface area contributed by atoms with Crippen LogP contribution in [0.2, 0.25) is 0 Å². The van der Waals surface area contributed by atoms with Gasteiger partial charge in [0.25, 0.3) is 0 Å². The van der Waals surface area contributed by atoms with E-state index in [0.29, 0.717) is 22.6 Å². The molecular weight excluding hydrogens is 351 g/mol. The van der Waals surface area contributed by atoms with E-state index >= 15 is 0 Å². The summed E-state index contributed by atoms with van der Waals surface area (Å²) in [5.74, 6) is 1.11. The number of alkyl halides is 2. The molecule has 0 unspecified atom stereocenters. The van der Waals surface area contributed by atoms with Crippen molar-refractivity contribution in [1.29, 1.82) is 0 Å². The molecule has 0 radical (unpaired) electrons. The van der Waals surface area contributed by atoms with Gasteiger partial charge in [0, 0.05) is 23.2 Å². The number of rotatable bonds is 7. The van der Waals surface area contributed by atoms with Crippen LogP contribution in [0.15, 0.2) is 65.0 Å². The largest absolute Gasteiger partial charge is 0.494 e. The molecule has 124 valence electrons.